The maximum Gasteiger partial charge on any atom is 0.233 e. The zero-order valence-electron chi connectivity index (χ0n) is 13.1. The zero-order valence-corrected chi connectivity index (χ0v) is 13.9. The van der Waals surface area contributed by atoms with Gasteiger partial charge >= 0.3 is 0 Å². The van der Waals surface area contributed by atoms with Crippen molar-refractivity contribution in [3.63, 3.8) is 0 Å². The minimum Gasteiger partial charge on any atom is -0.493 e. The number of amides is 1. The number of hydrogen-bond acceptors (Lipinski definition) is 3. The Morgan fingerprint density at radius 2 is 2.04 bits per heavy atom. The molecule has 24 heavy (non-hydrogen) atoms. The molecule has 2 aromatic rings. The summed E-state index contributed by atoms with van der Waals surface area (Å²) in [7, 11) is 0. The lowest BCUT2D eigenvalue weighted by Gasteiger charge is -2.27. The Morgan fingerprint density at radius 3 is 2.83 bits per heavy atom. The van der Waals surface area contributed by atoms with Crippen LogP contribution in [0.4, 0.5) is 8.78 Å². The van der Waals surface area contributed by atoms with Crippen LogP contribution >= 0.6 is 11.8 Å². The average molecular weight is 349 g/mol. The molecule has 0 radical (unpaired) electrons. The molecular weight excluding hydrogens is 332 g/mol. The van der Waals surface area contributed by atoms with E-state index in [0.29, 0.717) is 17.9 Å². The lowest BCUT2D eigenvalue weighted by Crippen LogP contribution is -2.36. The van der Waals surface area contributed by atoms with Gasteiger partial charge in [0, 0.05) is 16.9 Å². The third kappa shape index (κ3) is 3.70. The van der Waals surface area contributed by atoms with E-state index in [0.717, 1.165) is 23.4 Å². The maximum atomic E-state index is 13.3. The van der Waals surface area contributed by atoms with Crippen LogP contribution in [0.5, 0.6) is 5.75 Å². The number of halogens is 2. The minimum absolute atomic E-state index is 0.101. The first-order valence-electron chi connectivity index (χ1n) is 7.68. The number of fused-ring (bicyclic) bond motifs is 1. The summed E-state index contributed by atoms with van der Waals surface area (Å²) in [6.07, 6.45) is 0.700. The number of ether oxygens (including phenoxy) is 1. The van der Waals surface area contributed by atoms with Crippen LogP contribution in [-0.4, -0.2) is 17.8 Å². The van der Waals surface area contributed by atoms with Crippen molar-refractivity contribution in [2.45, 2.75) is 29.5 Å². The summed E-state index contributed by atoms with van der Waals surface area (Å²) in [4.78, 5) is 13.0. The van der Waals surface area contributed by atoms with Crippen molar-refractivity contribution >= 4 is 17.7 Å². The summed E-state index contributed by atoms with van der Waals surface area (Å²) in [5, 5.41) is 2.59. The van der Waals surface area contributed by atoms with E-state index >= 15 is 0 Å². The van der Waals surface area contributed by atoms with Gasteiger partial charge in [0.15, 0.2) is 11.6 Å². The number of para-hydroxylation sites is 1. The van der Waals surface area contributed by atoms with Crippen molar-refractivity contribution in [3.05, 3.63) is 59.7 Å². The van der Waals surface area contributed by atoms with E-state index in [1.54, 1.807) is 6.92 Å². The molecule has 1 aliphatic heterocycles. The second kappa shape index (κ2) is 7.21. The molecule has 3 rings (SSSR count). The number of hydrogen-bond donors (Lipinski definition) is 1. The van der Waals surface area contributed by atoms with Gasteiger partial charge < -0.3 is 10.1 Å². The van der Waals surface area contributed by atoms with E-state index in [-0.39, 0.29) is 11.9 Å². The summed E-state index contributed by atoms with van der Waals surface area (Å²) >= 11 is 1.19. The van der Waals surface area contributed by atoms with Gasteiger partial charge in [0.2, 0.25) is 5.91 Å². The molecule has 1 heterocycles. The van der Waals surface area contributed by atoms with Crippen molar-refractivity contribution in [1.29, 1.82) is 0 Å². The Bertz CT molecular complexity index is 754. The standard InChI is InChI=1S/C18H17F2NO2S/c1-11(24-12-6-7-14(19)15(20)10-12)18(22)21-16-8-9-23-17-5-3-2-4-13(16)17/h2-7,10-11,16H,8-9H2,1H3,(H,21,22). The fraction of sp³-hybridized carbons (Fsp3) is 0.278. The van der Waals surface area contributed by atoms with E-state index in [1.165, 1.54) is 17.8 Å². The van der Waals surface area contributed by atoms with Crippen LogP contribution in [0.2, 0.25) is 0 Å². The van der Waals surface area contributed by atoms with Gasteiger partial charge in [-0.15, -0.1) is 11.8 Å². The lowest BCUT2D eigenvalue weighted by atomic mass is 10.0. The highest BCUT2D eigenvalue weighted by molar-refractivity contribution is 8.00. The molecule has 126 valence electrons. The van der Waals surface area contributed by atoms with Gasteiger partial charge in [-0.05, 0) is 31.2 Å². The molecule has 0 saturated carbocycles. The SMILES string of the molecule is CC(Sc1ccc(F)c(F)c1)C(=O)NC1CCOc2ccccc21. The Hall–Kier alpha value is -2.08. The van der Waals surface area contributed by atoms with Gasteiger partial charge in [-0.2, -0.15) is 0 Å². The second-order valence-corrected chi connectivity index (χ2v) is 6.99. The summed E-state index contributed by atoms with van der Waals surface area (Å²) in [5.41, 5.74) is 0.960. The number of carbonyl (C=O) groups excluding carboxylic acids is 1. The van der Waals surface area contributed by atoms with Gasteiger partial charge in [-0.3, -0.25) is 4.79 Å². The highest BCUT2D eigenvalue weighted by Gasteiger charge is 2.25. The molecule has 0 spiro atoms. The van der Waals surface area contributed by atoms with Crippen LogP contribution in [0.25, 0.3) is 0 Å². The van der Waals surface area contributed by atoms with Crippen molar-refractivity contribution in [1.82, 2.24) is 5.32 Å². The van der Waals surface area contributed by atoms with E-state index in [4.69, 9.17) is 4.74 Å². The topological polar surface area (TPSA) is 38.3 Å². The lowest BCUT2D eigenvalue weighted by molar-refractivity contribution is -0.121. The van der Waals surface area contributed by atoms with Crippen LogP contribution in [0.15, 0.2) is 47.4 Å². The van der Waals surface area contributed by atoms with Gasteiger partial charge in [0.05, 0.1) is 17.9 Å². The molecule has 0 aliphatic carbocycles. The Labute approximate surface area is 143 Å². The minimum atomic E-state index is -0.911. The Kier molecular flexibility index (Phi) is 5.04. The normalized spacial score (nSPS) is 17.5. The highest BCUT2D eigenvalue weighted by atomic mass is 32.2. The van der Waals surface area contributed by atoms with Crippen LogP contribution in [0.1, 0.15) is 24.9 Å². The average Bonchev–Trinajstić information content (AvgIpc) is 2.58. The second-order valence-electron chi connectivity index (χ2n) is 5.57. The maximum absolute atomic E-state index is 13.3. The molecule has 1 N–H and O–H groups in total. The third-order valence-corrected chi connectivity index (χ3v) is 4.94. The first-order valence-corrected chi connectivity index (χ1v) is 8.56. The van der Waals surface area contributed by atoms with E-state index in [2.05, 4.69) is 5.32 Å². The molecule has 2 atom stereocenters. The molecule has 2 unspecified atom stereocenters. The molecule has 2 aromatic carbocycles. The van der Waals surface area contributed by atoms with Crippen LogP contribution < -0.4 is 10.1 Å². The molecule has 3 nitrogen and oxygen atoms in total. The first-order chi connectivity index (χ1) is 11.5. The molecular formula is C18H17F2NO2S. The quantitative estimate of drug-likeness (QED) is 0.845. The Balaban J connectivity index is 1.65. The number of benzene rings is 2. The van der Waals surface area contributed by atoms with Crippen molar-refractivity contribution in [2.24, 2.45) is 0 Å². The number of carbonyl (C=O) groups is 1. The Morgan fingerprint density at radius 1 is 1.25 bits per heavy atom. The third-order valence-electron chi connectivity index (χ3n) is 3.85. The predicted molar refractivity (Wildman–Crippen MR) is 89.1 cm³/mol. The highest BCUT2D eigenvalue weighted by Crippen LogP contribution is 2.32. The number of rotatable bonds is 4. The van der Waals surface area contributed by atoms with E-state index in [1.807, 2.05) is 24.3 Å². The molecule has 6 heteroatoms. The fourth-order valence-electron chi connectivity index (χ4n) is 2.59. The number of thioether (sulfide) groups is 1. The van der Waals surface area contributed by atoms with Crippen molar-refractivity contribution in [2.75, 3.05) is 6.61 Å². The monoisotopic (exact) mass is 349 g/mol. The van der Waals surface area contributed by atoms with Crippen molar-refractivity contribution in [3.8, 4) is 5.75 Å². The molecule has 1 amide bonds. The van der Waals surface area contributed by atoms with Crippen LogP contribution in [-0.2, 0) is 4.79 Å². The fourth-order valence-corrected chi connectivity index (χ4v) is 3.49. The van der Waals surface area contributed by atoms with Gasteiger partial charge in [-0.25, -0.2) is 8.78 Å². The van der Waals surface area contributed by atoms with Gasteiger partial charge in [0.1, 0.15) is 5.75 Å². The van der Waals surface area contributed by atoms with Gasteiger partial charge in [-0.1, -0.05) is 18.2 Å². The number of nitrogens with one attached hydrogen (secondary N) is 1. The summed E-state index contributed by atoms with van der Waals surface area (Å²) in [5.74, 6) is -1.16. The largest absolute Gasteiger partial charge is 0.493 e. The molecule has 0 saturated heterocycles. The summed E-state index contributed by atoms with van der Waals surface area (Å²) in [6, 6.07) is 11.2. The van der Waals surface area contributed by atoms with Crippen LogP contribution in [0.3, 0.4) is 0 Å². The van der Waals surface area contributed by atoms with Crippen LogP contribution in [0, 0.1) is 11.6 Å². The zero-order chi connectivity index (χ0) is 17.1. The predicted octanol–water partition coefficient (Wildman–Crippen LogP) is 4.09. The molecule has 1 aliphatic rings. The summed E-state index contributed by atoms with van der Waals surface area (Å²) in [6.45, 7) is 2.29. The first kappa shape index (κ1) is 16.8. The van der Waals surface area contributed by atoms with E-state index in [9.17, 15) is 13.6 Å². The molecule has 0 fully saturated rings. The molecule has 0 bridgehead atoms. The van der Waals surface area contributed by atoms with E-state index < -0.39 is 16.9 Å². The van der Waals surface area contributed by atoms with Crippen molar-refractivity contribution < 1.29 is 18.3 Å². The molecule has 0 aromatic heterocycles. The van der Waals surface area contributed by atoms with Gasteiger partial charge in [0.25, 0.3) is 0 Å². The summed E-state index contributed by atoms with van der Waals surface area (Å²) < 4.78 is 31.8. The smallest absolute Gasteiger partial charge is 0.233 e.